The molecule has 0 heterocycles. The van der Waals surface area contributed by atoms with Crippen LogP contribution in [0.15, 0.2) is 30.3 Å². The summed E-state index contributed by atoms with van der Waals surface area (Å²) >= 11 is 0. The van der Waals surface area contributed by atoms with Gasteiger partial charge in [-0.15, -0.1) is 0 Å². The van der Waals surface area contributed by atoms with Gasteiger partial charge in [-0.05, 0) is 11.5 Å². The smallest absolute Gasteiger partial charge is 0.308 e. The van der Waals surface area contributed by atoms with Crippen LogP contribution in [0.4, 0.5) is 0 Å². The third-order valence-electron chi connectivity index (χ3n) is 3.12. The lowest BCUT2D eigenvalue weighted by molar-refractivity contribution is -0.156. The number of aliphatic hydroxyl groups excluding tert-OH is 1. The monoisotopic (exact) mass is 264 g/mol. The highest BCUT2D eigenvalue weighted by Gasteiger charge is 2.23. The molecule has 106 valence electrons. The summed E-state index contributed by atoms with van der Waals surface area (Å²) in [6.07, 6.45) is -0.432. The normalized spacial score (nSPS) is 14.5. The molecule has 0 saturated heterocycles. The minimum atomic E-state index is -0.603. The number of hydrogen-bond acceptors (Lipinski definition) is 3. The minimum absolute atomic E-state index is 0.143. The molecule has 0 amide bonds. The molecule has 3 heteroatoms. The second-order valence-corrected chi connectivity index (χ2v) is 5.54. The van der Waals surface area contributed by atoms with Crippen LogP contribution < -0.4 is 0 Å². The van der Waals surface area contributed by atoms with Gasteiger partial charge in [0.15, 0.2) is 0 Å². The Morgan fingerprint density at radius 2 is 1.74 bits per heavy atom. The summed E-state index contributed by atoms with van der Waals surface area (Å²) in [6.45, 7) is 7.62. The number of carbonyl (C=O) groups is 1. The van der Waals surface area contributed by atoms with Gasteiger partial charge in [-0.3, -0.25) is 4.79 Å². The topological polar surface area (TPSA) is 46.5 Å². The van der Waals surface area contributed by atoms with E-state index in [-0.39, 0.29) is 23.9 Å². The maximum atomic E-state index is 11.7. The van der Waals surface area contributed by atoms with Crippen LogP contribution in [0.2, 0.25) is 0 Å². The molecule has 1 rings (SSSR count). The van der Waals surface area contributed by atoms with E-state index in [1.807, 2.05) is 58.0 Å². The van der Waals surface area contributed by atoms with E-state index in [9.17, 15) is 9.90 Å². The summed E-state index contributed by atoms with van der Waals surface area (Å²) in [5.74, 6) is -0.171. The van der Waals surface area contributed by atoms with Crippen molar-refractivity contribution >= 4 is 5.97 Å². The summed E-state index contributed by atoms with van der Waals surface area (Å²) in [7, 11) is 0. The summed E-state index contributed by atoms with van der Waals surface area (Å²) in [5, 5.41) is 10.2. The average molecular weight is 264 g/mol. The lowest BCUT2D eigenvalue weighted by Gasteiger charge is -2.25. The fraction of sp³-hybridized carbons (Fsp3) is 0.562. The molecule has 2 unspecified atom stereocenters. The Kier molecular flexibility index (Phi) is 6.03. The predicted octanol–water partition coefficient (Wildman–Crippen LogP) is 3.33. The third kappa shape index (κ3) is 5.03. The van der Waals surface area contributed by atoms with Gasteiger partial charge in [-0.2, -0.15) is 0 Å². The van der Waals surface area contributed by atoms with Gasteiger partial charge in [0.25, 0.3) is 0 Å². The number of rotatable bonds is 6. The highest BCUT2D eigenvalue weighted by Crippen LogP contribution is 2.23. The third-order valence-corrected chi connectivity index (χ3v) is 3.12. The van der Waals surface area contributed by atoms with Crippen molar-refractivity contribution in [3.8, 4) is 0 Å². The molecule has 0 saturated carbocycles. The standard InChI is InChI=1S/C16H24O3/c1-11(2)15(19-16(18)12(3)4)10-14(17)13-8-6-5-7-9-13/h5-9,11-12,14-15,17H,10H2,1-4H3. The highest BCUT2D eigenvalue weighted by molar-refractivity contribution is 5.71. The van der Waals surface area contributed by atoms with Crippen molar-refractivity contribution in [1.82, 2.24) is 0 Å². The van der Waals surface area contributed by atoms with Crippen LogP contribution in [0.3, 0.4) is 0 Å². The molecular formula is C16H24O3. The summed E-state index contributed by atoms with van der Waals surface area (Å²) < 4.78 is 5.47. The number of aliphatic hydroxyl groups is 1. The van der Waals surface area contributed by atoms with Crippen molar-refractivity contribution in [1.29, 1.82) is 0 Å². The van der Waals surface area contributed by atoms with E-state index >= 15 is 0 Å². The minimum Gasteiger partial charge on any atom is -0.462 e. The van der Waals surface area contributed by atoms with E-state index in [4.69, 9.17) is 4.74 Å². The Morgan fingerprint density at radius 1 is 1.16 bits per heavy atom. The number of benzene rings is 1. The first-order chi connectivity index (χ1) is 8.91. The summed E-state index contributed by atoms with van der Waals surface area (Å²) in [4.78, 5) is 11.7. The Morgan fingerprint density at radius 3 is 2.21 bits per heavy atom. The molecule has 3 nitrogen and oxygen atoms in total. The van der Waals surface area contributed by atoms with E-state index in [0.29, 0.717) is 6.42 Å². The Balaban J connectivity index is 2.66. The highest BCUT2D eigenvalue weighted by atomic mass is 16.5. The van der Waals surface area contributed by atoms with Gasteiger partial charge in [0.05, 0.1) is 12.0 Å². The van der Waals surface area contributed by atoms with Crippen molar-refractivity contribution in [2.45, 2.75) is 46.3 Å². The molecular weight excluding hydrogens is 240 g/mol. The van der Waals surface area contributed by atoms with Crippen molar-refractivity contribution < 1.29 is 14.6 Å². The van der Waals surface area contributed by atoms with Crippen LogP contribution in [0.5, 0.6) is 0 Å². The van der Waals surface area contributed by atoms with Gasteiger partial charge >= 0.3 is 5.97 Å². The van der Waals surface area contributed by atoms with Gasteiger partial charge in [0, 0.05) is 6.42 Å². The number of carbonyl (C=O) groups excluding carboxylic acids is 1. The lowest BCUT2D eigenvalue weighted by Crippen LogP contribution is -2.28. The number of hydrogen-bond donors (Lipinski definition) is 1. The van der Waals surface area contributed by atoms with E-state index in [2.05, 4.69) is 0 Å². The molecule has 0 aromatic heterocycles. The molecule has 0 spiro atoms. The van der Waals surface area contributed by atoms with Crippen LogP contribution in [0, 0.1) is 11.8 Å². The van der Waals surface area contributed by atoms with Crippen molar-refractivity contribution in [3.63, 3.8) is 0 Å². The molecule has 0 aliphatic heterocycles. The van der Waals surface area contributed by atoms with Crippen molar-refractivity contribution in [2.75, 3.05) is 0 Å². The molecule has 0 radical (unpaired) electrons. The average Bonchev–Trinajstić information content (AvgIpc) is 2.38. The van der Waals surface area contributed by atoms with Crippen LogP contribution in [-0.2, 0) is 9.53 Å². The van der Waals surface area contributed by atoms with E-state index in [1.165, 1.54) is 0 Å². The zero-order valence-electron chi connectivity index (χ0n) is 12.2. The first-order valence-corrected chi connectivity index (χ1v) is 6.85. The van der Waals surface area contributed by atoms with Crippen LogP contribution >= 0.6 is 0 Å². The Bertz CT molecular complexity index is 384. The van der Waals surface area contributed by atoms with E-state index in [1.54, 1.807) is 0 Å². The molecule has 0 aliphatic carbocycles. The second kappa shape index (κ2) is 7.29. The van der Waals surface area contributed by atoms with E-state index in [0.717, 1.165) is 5.56 Å². The molecule has 0 bridgehead atoms. The first-order valence-electron chi connectivity index (χ1n) is 6.85. The first kappa shape index (κ1) is 15.7. The van der Waals surface area contributed by atoms with Gasteiger partial charge in [-0.25, -0.2) is 0 Å². The fourth-order valence-electron chi connectivity index (χ4n) is 1.77. The number of ether oxygens (including phenoxy) is 1. The molecule has 1 N–H and O–H groups in total. The quantitative estimate of drug-likeness (QED) is 0.802. The van der Waals surface area contributed by atoms with E-state index < -0.39 is 6.10 Å². The van der Waals surface area contributed by atoms with Gasteiger partial charge in [-0.1, -0.05) is 58.0 Å². The van der Waals surface area contributed by atoms with Crippen molar-refractivity contribution in [3.05, 3.63) is 35.9 Å². The lowest BCUT2D eigenvalue weighted by atomic mass is 9.96. The van der Waals surface area contributed by atoms with Crippen LogP contribution in [0.1, 0.15) is 45.8 Å². The molecule has 0 fully saturated rings. The maximum absolute atomic E-state index is 11.7. The predicted molar refractivity (Wildman–Crippen MR) is 75.6 cm³/mol. The zero-order valence-corrected chi connectivity index (χ0v) is 12.2. The number of esters is 1. The SMILES string of the molecule is CC(C)C(=O)OC(CC(O)c1ccccc1)C(C)C. The van der Waals surface area contributed by atoms with Gasteiger partial charge in [0.2, 0.25) is 0 Å². The molecule has 1 aromatic rings. The largest absolute Gasteiger partial charge is 0.462 e. The molecule has 19 heavy (non-hydrogen) atoms. The van der Waals surface area contributed by atoms with Crippen LogP contribution in [-0.4, -0.2) is 17.2 Å². The second-order valence-electron chi connectivity index (χ2n) is 5.54. The van der Waals surface area contributed by atoms with Gasteiger partial charge < -0.3 is 9.84 Å². The maximum Gasteiger partial charge on any atom is 0.308 e. The van der Waals surface area contributed by atoms with Gasteiger partial charge in [0.1, 0.15) is 6.10 Å². The van der Waals surface area contributed by atoms with Crippen molar-refractivity contribution in [2.24, 2.45) is 11.8 Å². The molecule has 0 aliphatic rings. The molecule has 1 aromatic carbocycles. The zero-order chi connectivity index (χ0) is 14.4. The Labute approximate surface area is 115 Å². The van der Waals surface area contributed by atoms with Crippen LogP contribution in [0.25, 0.3) is 0 Å². The summed E-state index contributed by atoms with van der Waals surface area (Å²) in [5.41, 5.74) is 0.855. The molecule has 2 atom stereocenters. The summed E-state index contributed by atoms with van der Waals surface area (Å²) in [6, 6.07) is 9.46. The Hall–Kier alpha value is -1.35. The fourth-order valence-corrected chi connectivity index (χ4v) is 1.77.